The largest absolute Gasteiger partial charge is 0.380 e. The van der Waals surface area contributed by atoms with Gasteiger partial charge < -0.3 is 10.1 Å². The predicted octanol–water partition coefficient (Wildman–Crippen LogP) is 6.33. The Hall–Kier alpha value is -2.07. The summed E-state index contributed by atoms with van der Waals surface area (Å²) in [4.78, 5) is 2.70. The third-order valence-electron chi connectivity index (χ3n) is 7.57. The number of nitrogens with one attached hydrogen (secondary N) is 1. The van der Waals surface area contributed by atoms with Gasteiger partial charge in [0.1, 0.15) is 0 Å². The molecule has 3 aliphatic rings. The third kappa shape index (κ3) is 4.91. The number of fused-ring (bicyclic) bond motifs is 1. The van der Waals surface area contributed by atoms with Gasteiger partial charge in [-0.15, -0.1) is 0 Å². The topological polar surface area (TPSA) is 24.5 Å². The van der Waals surface area contributed by atoms with Crippen molar-refractivity contribution < 1.29 is 4.74 Å². The summed E-state index contributed by atoms with van der Waals surface area (Å²) < 4.78 is 5.43. The van der Waals surface area contributed by atoms with Gasteiger partial charge >= 0.3 is 0 Å². The van der Waals surface area contributed by atoms with Crippen molar-refractivity contribution in [2.24, 2.45) is 0 Å². The molecule has 0 radical (unpaired) electrons. The lowest BCUT2D eigenvalue weighted by molar-refractivity contribution is 0.00837. The first-order chi connectivity index (χ1) is 16.1. The molecule has 2 aromatic rings. The Morgan fingerprint density at radius 1 is 1.15 bits per heavy atom. The second-order valence-electron chi connectivity index (χ2n) is 9.77. The zero-order chi connectivity index (χ0) is 22.8. The molecule has 0 spiro atoms. The molecular formula is C29H35ClN2O. The highest BCUT2D eigenvalue weighted by atomic mass is 35.5. The highest BCUT2D eigenvalue weighted by Crippen LogP contribution is 2.32. The number of nitrogens with zero attached hydrogens (tertiary/aromatic N) is 1. The second kappa shape index (κ2) is 10.0. The van der Waals surface area contributed by atoms with E-state index < -0.39 is 0 Å². The van der Waals surface area contributed by atoms with Crippen LogP contribution in [-0.4, -0.2) is 37.2 Å². The van der Waals surface area contributed by atoms with Crippen molar-refractivity contribution in [3.8, 4) is 0 Å². The standard InChI is InChI=1S/C29H35ClN2O/c1-3-6-28(26-7-4-5-8-27(26)30)31-29-17-32(14-13-20(29)2)25-12-11-21-9-10-22(15-23(21)16-25)24-18-33-19-24/h4-10,15,24-25,31H,3,11-14,16-19H2,1-2H3/b28-6+. The molecule has 0 amide bonds. The van der Waals surface area contributed by atoms with E-state index in [1.807, 2.05) is 12.1 Å². The number of hydrogen-bond donors (Lipinski definition) is 1. The van der Waals surface area contributed by atoms with E-state index >= 15 is 0 Å². The Morgan fingerprint density at radius 2 is 2.00 bits per heavy atom. The molecule has 1 fully saturated rings. The Bertz CT molecular complexity index is 1070. The summed E-state index contributed by atoms with van der Waals surface area (Å²) in [5.41, 5.74) is 9.57. The number of aryl methyl sites for hydroxylation is 1. The summed E-state index contributed by atoms with van der Waals surface area (Å²) >= 11 is 6.54. The van der Waals surface area contributed by atoms with E-state index in [0.717, 1.165) is 61.8 Å². The van der Waals surface area contributed by atoms with E-state index in [1.54, 1.807) is 11.1 Å². The summed E-state index contributed by atoms with van der Waals surface area (Å²) in [5.74, 6) is 0.598. The molecule has 2 heterocycles. The van der Waals surface area contributed by atoms with Gasteiger partial charge in [0, 0.05) is 47.0 Å². The van der Waals surface area contributed by atoms with Crippen LogP contribution >= 0.6 is 11.6 Å². The van der Waals surface area contributed by atoms with Gasteiger partial charge in [-0.1, -0.05) is 66.6 Å². The van der Waals surface area contributed by atoms with Crippen molar-refractivity contribution in [3.05, 3.63) is 87.1 Å². The van der Waals surface area contributed by atoms with Crippen LogP contribution in [0.15, 0.2) is 59.8 Å². The molecule has 3 nitrogen and oxygen atoms in total. The quantitative estimate of drug-likeness (QED) is 0.542. The van der Waals surface area contributed by atoms with Gasteiger partial charge in [0.05, 0.1) is 13.2 Å². The molecular weight excluding hydrogens is 428 g/mol. The van der Waals surface area contributed by atoms with E-state index in [4.69, 9.17) is 16.3 Å². The first-order valence-corrected chi connectivity index (χ1v) is 12.8. The highest BCUT2D eigenvalue weighted by molar-refractivity contribution is 6.32. The second-order valence-corrected chi connectivity index (χ2v) is 10.2. The maximum absolute atomic E-state index is 6.54. The molecule has 2 aromatic carbocycles. The van der Waals surface area contributed by atoms with Crippen LogP contribution in [0.4, 0.5) is 0 Å². The maximum Gasteiger partial charge on any atom is 0.0557 e. The summed E-state index contributed by atoms with van der Waals surface area (Å²) in [5, 5.41) is 4.59. The van der Waals surface area contributed by atoms with Gasteiger partial charge in [-0.25, -0.2) is 0 Å². The average molecular weight is 463 g/mol. The van der Waals surface area contributed by atoms with Crippen molar-refractivity contribution in [2.75, 3.05) is 26.3 Å². The van der Waals surface area contributed by atoms with Crippen LogP contribution in [0.2, 0.25) is 5.02 Å². The monoisotopic (exact) mass is 462 g/mol. The average Bonchev–Trinajstić information content (AvgIpc) is 2.79. The van der Waals surface area contributed by atoms with Gasteiger partial charge in [0.2, 0.25) is 0 Å². The number of benzene rings is 2. The third-order valence-corrected chi connectivity index (χ3v) is 7.90. The normalized spacial score (nSPS) is 22.2. The SMILES string of the molecule is CC/C=C(/NC1=C(C)CCN(C2CCc3ccc(C4COC4)cc3C2)C1)c1ccccc1Cl. The Morgan fingerprint density at radius 3 is 2.76 bits per heavy atom. The molecule has 1 atom stereocenters. The molecule has 1 aliphatic carbocycles. The summed E-state index contributed by atoms with van der Waals surface area (Å²) in [6, 6.07) is 15.9. The molecule has 2 aliphatic heterocycles. The molecule has 5 rings (SSSR count). The van der Waals surface area contributed by atoms with Crippen molar-refractivity contribution >= 4 is 17.3 Å². The smallest absolute Gasteiger partial charge is 0.0557 e. The fraction of sp³-hybridized carbons (Fsp3) is 0.448. The van der Waals surface area contributed by atoms with Crippen LogP contribution < -0.4 is 5.32 Å². The summed E-state index contributed by atoms with van der Waals surface area (Å²) in [7, 11) is 0. The lowest BCUT2D eigenvalue weighted by Crippen LogP contribution is -2.45. The van der Waals surface area contributed by atoms with Crippen LogP contribution in [0.3, 0.4) is 0 Å². The van der Waals surface area contributed by atoms with Gasteiger partial charge in [-0.3, -0.25) is 4.90 Å². The van der Waals surface area contributed by atoms with Gasteiger partial charge in [-0.2, -0.15) is 0 Å². The minimum atomic E-state index is 0.598. The molecule has 4 heteroatoms. The highest BCUT2D eigenvalue weighted by Gasteiger charge is 2.29. The molecule has 0 aromatic heterocycles. The van der Waals surface area contributed by atoms with Crippen LogP contribution in [0.25, 0.3) is 5.70 Å². The Kier molecular flexibility index (Phi) is 6.91. The van der Waals surface area contributed by atoms with Crippen molar-refractivity contribution in [1.29, 1.82) is 0 Å². The van der Waals surface area contributed by atoms with Crippen molar-refractivity contribution in [1.82, 2.24) is 10.2 Å². The first kappa shape index (κ1) is 22.7. The van der Waals surface area contributed by atoms with Crippen molar-refractivity contribution in [3.63, 3.8) is 0 Å². The Balaban J connectivity index is 1.31. The van der Waals surface area contributed by atoms with Crippen LogP contribution in [0.5, 0.6) is 0 Å². The number of hydrogen-bond acceptors (Lipinski definition) is 3. The molecule has 0 saturated carbocycles. The number of rotatable bonds is 6. The fourth-order valence-electron chi connectivity index (χ4n) is 5.36. The zero-order valence-electron chi connectivity index (χ0n) is 19.9. The van der Waals surface area contributed by atoms with Gasteiger partial charge in [0.15, 0.2) is 0 Å². The molecule has 1 N–H and O–H groups in total. The van der Waals surface area contributed by atoms with E-state index in [1.165, 1.54) is 29.7 Å². The van der Waals surface area contributed by atoms with Crippen LogP contribution in [0, 0.1) is 0 Å². The van der Waals surface area contributed by atoms with E-state index in [2.05, 4.69) is 60.5 Å². The van der Waals surface area contributed by atoms with E-state index in [0.29, 0.717) is 12.0 Å². The van der Waals surface area contributed by atoms with Crippen LogP contribution in [-0.2, 0) is 17.6 Å². The number of ether oxygens (including phenoxy) is 1. The molecule has 1 unspecified atom stereocenters. The number of allylic oxidation sites excluding steroid dienone is 1. The lowest BCUT2D eigenvalue weighted by atomic mass is 9.84. The fourth-order valence-corrected chi connectivity index (χ4v) is 5.60. The summed E-state index contributed by atoms with van der Waals surface area (Å²) in [6.07, 6.45) is 7.93. The summed E-state index contributed by atoms with van der Waals surface area (Å²) in [6.45, 7) is 8.34. The van der Waals surface area contributed by atoms with E-state index in [-0.39, 0.29) is 0 Å². The van der Waals surface area contributed by atoms with Crippen LogP contribution in [0.1, 0.15) is 61.3 Å². The first-order valence-electron chi connectivity index (χ1n) is 12.5. The van der Waals surface area contributed by atoms with Gasteiger partial charge in [-0.05, 0) is 61.8 Å². The molecule has 0 bridgehead atoms. The molecule has 1 saturated heterocycles. The number of halogens is 1. The maximum atomic E-state index is 6.54. The predicted molar refractivity (Wildman–Crippen MR) is 138 cm³/mol. The lowest BCUT2D eigenvalue weighted by Gasteiger charge is -2.39. The zero-order valence-corrected chi connectivity index (χ0v) is 20.6. The molecule has 174 valence electrons. The molecule has 33 heavy (non-hydrogen) atoms. The Labute approximate surface area is 203 Å². The van der Waals surface area contributed by atoms with Gasteiger partial charge in [0.25, 0.3) is 0 Å². The minimum absolute atomic E-state index is 0.598. The van der Waals surface area contributed by atoms with Crippen molar-refractivity contribution in [2.45, 2.75) is 57.9 Å². The minimum Gasteiger partial charge on any atom is -0.380 e. The van der Waals surface area contributed by atoms with E-state index in [9.17, 15) is 0 Å².